The van der Waals surface area contributed by atoms with Gasteiger partial charge in [0.2, 0.25) is 5.95 Å². The highest BCUT2D eigenvalue weighted by Gasteiger charge is 2.11. The van der Waals surface area contributed by atoms with E-state index in [1.165, 1.54) is 17.2 Å². The Kier molecular flexibility index (Phi) is 3.84. The summed E-state index contributed by atoms with van der Waals surface area (Å²) in [6.07, 6.45) is 0.843. The Labute approximate surface area is 136 Å². The summed E-state index contributed by atoms with van der Waals surface area (Å²) >= 11 is 1.96. The van der Waals surface area contributed by atoms with E-state index in [0.29, 0.717) is 16.1 Å². The number of halogens is 2. The maximum Gasteiger partial charge on any atom is 0.201 e. The number of rotatable bonds is 3. The van der Waals surface area contributed by atoms with Gasteiger partial charge in [0.05, 0.1) is 14.6 Å². The second-order valence-electron chi connectivity index (χ2n) is 5.05. The highest BCUT2D eigenvalue weighted by molar-refractivity contribution is 14.1. The van der Waals surface area contributed by atoms with E-state index >= 15 is 0 Å². The maximum atomic E-state index is 13.8. The van der Waals surface area contributed by atoms with Crippen molar-refractivity contribution in [3.05, 3.63) is 56.9 Å². The molecular formula is C16H15FIN3. The van der Waals surface area contributed by atoms with Crippen LogP contribution in [0.4, 0.5) is 10.3 Å². The van der Waals surface area contributed by atoms with Gasteiger partial charge in [-0.3, -0.25) is 0 Å². The zero-order chi connectivity index (χ0) is 15.0. The van der Waals surface area contributed by atoms with Crippen molar-refractivity contribution in [3.63, 3.8) is 0 Å². The molecule has 0 saturated heterocycles. The maximum absolute atomic E-state index is 13.8. The fourth-order valence-corrected chi connectivity index (χ4v) is 2.95. The van der Waals surface area contributed by atoms with Crippen molar-refractivity contribution < 1.29 is 4.39 Å². The monoisotopic (exact) mass is 395 g/mol. The zero-order valence-corrected chi connectivity index (χ0v) is 13.8. The molecule has 0 saturated carbocycles. The molecule has 2 aromatic carbocycles. The third kappa shape index (κ3) is 2.74. The Hall–Kier alpha value is -1.63. The van der Waals surface area contributed by atoms with E-state index < -0.39 is 0 Å². The minimum absolute atomic E-state index is 0.236. The lowest BCUT2D eigenvalue weighted by Crippen LogP contribution is -2.06. The second-order valence-corrected chi connectivity index (χ2v) is 6.22. The topological polar surface area (TPSA) is 43.8 Å². The fourth-order valence-electron chi connectivity index (χ4n) is 2.50. The van der Waals surface area contributed by atoms with E-state index in [1.807, 2.05) is 39.3 Å². The third-order valence-corrected chi connectivity index (χ3v) is 4.51. The predicted octanol–water partition coefficient (Wildman–Crippen LogP) is 3.91. The zero-order valence-electron chi connectivity index (χ0n) is 11.6. The lowest BCUT2D eigenvalue weighted by atomic mass is 10.1. The normalized spacial score (nSPS) is 11.2. The summed E-state index contributed by atoms with van der Waals surface area (Å²) in [7, 11) is 0. The Morgan fingerprint density at radius 3 is 2.81 bits per heavy atom. The van der Waals surface area contributed by atoms with Crippen molar-refractivity contribution in [1.29, 1.82) is 0 Å². The van der Waals surface area contributed by atoms with Gasteiger partial charge in [-0.25, -0.2) is 9.37 Å². The van der Waals surface area contributed by atoms with Crippen molar-refractivity contribution in [2.45, 2.75) is 19.9 Å². The Morgan fingerprint density at radius 2 is 2.05 bits per heavy atom. The van der Waals surface area contributed by atoms with Crippen LogP contribution in [-0.4, -0.2) is 9.55 Å². The van der Waals surface area contributed by atoms with Crippen LogP contribution in [0.15, 0.2) is 36.4 Å². The number of benzene rings is 2. The van der Waals surface area contributed by atoms with Crippen LogP contribution in [0, 0.1) is 16.3 Å². The lowest BCUT2D eigenvalue weighted by Gasteiger charge is -2.09. The number of aromatic nitrogens is 2. The van der Waals surface area contributed by atoms with E-state index in [0.717, 1.165) is 17.5 Å². The van der Waals surface area contributed by atoms with Crippen molar-refractivity contribution in [1.82, 2.24) is 9.55 Å². The number of nitrogen functional groups attached to an aromatic ring is 1. The first-order valence-corrected chi connectivity index (χ1v) is 7.79. The largest absolute Gasteiger partial charge is 0.369 e. The van der Waals surface area contributed by atoms with Crippen LogP contribution < -0.4 is 5.73 Å². The van der Waals surface area contributed by atoms with Crippen LogP contribution in [0.25, 0.3) is 11.0 Å². The first-order chi connectivity index (χ1) is 10.1. The van der Waals surface area contributed by atoms with Crippen LogP contribution in [0.3, 0.4) is 0 Å². The van der Waals surface area contributed by atoms with E-state index in [9.17, 15) is 4.39 Å². The molecule has 0 radical (unpaired) electrons. The smallest absolute Gasteiger partial charge is 0.201 e. The number of nitrogens with two attached hydrogens (primary N) is 1. The summed E-state index contributed by atoms with van der Waals surface area (Å²) in [4.78, 5) is 4.32. The van der Waals surface area contributed by atoms with E-state index in [4.69, 9.17) is 5.73 Å². The minimum Gasteiger partial charge on any atom is -0.369 e. The first-order valence-electron chi connectivity index (χ1n) is 6.71. The van der Waals surface area contributed by atoms with E-state index in [1.54, 1.807) is 6.07 Å². The number of nitrogens with zero attached hydrogens (tertiary/aromatic N) is 2. The van der Waals surface area contributed by atoms with Crippen LogP contribution in [0.2, 0.25) is 0 Å². The Bertz CT molecular complexity index is 811. The first kappa shape index (κ1) is 14.3. The fraction of sp³-hybridized carbons (Fsp3) is 0.188. The molecule has 1 aromatic heterocycles. The Balaban J connectivity index is 1.95. The summed E-state index contributed by atoms with van der Waals surface area (Å²) in [5.41, 5.74) is 9.99. The van der Waals surface area contributed by atoms with Gasteiger partial charge in [-0.2, -0.15) is 0 Å². The molecular weight excluding hydrogens is 380 g/mol. The Morgan fingerprint density at radius 1 is 1.29 bits per heavy atom. The summed E-state index contributed by atoms with van der Waals surface area (Å²) in [6.45, 7) is 2.78. The molecule has 5 heteroatoms. The molecule has 0 amide bonds. The lowest BCUT2D eigenvalue weighted by molar-refractivity contribution is 0.620. The van der Waals surface area contributed by atoms with Crippen molar-refractivity contribution >= 4 is 39.6 Å². The van der Waals surface area contributed by atoms with Gasteiger partial charge in [-0.1, -0.05) is 24.3 Å². The summed E-state index contributed by atoms with van der Waals surface area (Å²) in [5.74, 6) is 0.195. The van der Waals surface area contributed by atoms with Crippen molar-refractivity contribution in [2.24, 2.45) is 0 Å². The molecule has 0 atom stereocenters. The van der Waals surface area contributed by atoms with Crippen LogP contribution in [0.1, 0.15) is 11.1 Å². The van der Waals surface area contributed by atoms with Gasteiger partial charge in [-0.05, 0) is 53.1 Å². The van der Waals surface area contributed by atoms with Gasteiger partial charge in [0.15, 0.2) is 0 Å². The van der Waals surface area contributed by atoms with Crippen LogP contribution >= 0.6 is 22.6 Å². The van der Waals surface area contributed by atoms with E-state index in [-0.39, 0.29) is 5.82 Å². The number of hydrogen-bond donors (Lipinski definition) is 1. The molecule has 0 bridgehead atoms. The van der Waals surface area contributed by atoms with Gasteiger partial charge in [-0.15, -0.1) is 0 Å². The van der Waals surface area contributed by atoms with Crippen molar-refractivity contribution in [3.8, 4) is 0 Å². The van der Waals surface area contributed by atoms with Gasteiger partial charge >= 0.3 is 0 Å². The molecule has 0 aliphatic carbocycles. The number of aryl methyl sites for hydroxylation is 3. The van der Waals surface area contributed by atoms with E-state index in [2.05, 4.69) is 24.0 Å². The highest BCUT2D eigenvalue weighted by Crippen LogP contribution is 2.23. The molecule has 108 valence electrons. The quantitative estimate of drug-likeness (QED) is 0.684. The van der Waals surface area contributed by atoms with Crippen LogP contribution in [0.5, 0.6) is 0 Å². The summed E-state index contributed by atoms with van der Waals surface area (Å²) < 4.78 is 16.2. The molecule has 3 rings (SSSR count). The molecule has 0 aliphatic heterocycles. The third-order valence-electron chi connectivity index (χ3n) is 3.69. The molecule has 0 unspecified atom stereocenters. The summed E-state index contributed by atoms with van der Waals surface area (Å²) in [5, 5.41) is 0. The molecule has 1 heterocycles. The molecule has 0 aliphatic rings. The van der Waals surface area contributed by atoms with Gasteiger partial charge in [0.25, 0.3) is 0 Å². The SMILES string of the molecule is Cc1ccccc1CCn1c(N)nc2cc(I)c(F)cc21. The van der Waals surface area contributed by atoms with Crippen LogP contribution in [-0.2, 0) is 13.0 Å². The average molecular weight is 395 g/mol. The number of hydrogen-bond acceptors (Lipinski definition) is 2. The number of anilines is 1. The van der Waals surface area contributed by atoms with Gasteiger partial charge in [0, 0.05) is 12.6 Å². The average Bonchev–Trinajstić information content (AvgIpc) is 2.74. The molecule has 2 N–H and O–H groups in total. The van der Waals surface area contributed by atoms with Gasteiger partial charge < -0.3 is 10.3 Å². The molecule has 0 fully saturated rings. The van der Waals surface area contributed by atoms with Gasteiger partial charge in [0.1, 0.15) is 5.82 Å². The van der Waals surface area contributed by atoms with Crippen molar-refractivity contribution in [2.75, 3.05) is 5.73 Å². The number of imidazole rings is 1. The molecule has 21 heavy (non-hydrogen) atoms. The highest BCUT2D eigenvalue weighted by atomic mass is 127. The number of fused-ring (bicyclic) bond motifs is 1. The molecule has 3 aromatic rings. The molecule has 3 nitrogen and oxygen atoms in total. The standard InChI is InChI=1S/C16H15FIN3/c1-10-4-2-3-5-11(10)6-7-21-15-8-12(17)13(18)9-14(15)20-16(21)19/h2-5,8-9H,6-7H2,1H3,(H2,19,20). The summed E-state index contributed by atoms with van der Waals surface area (Å²) in [6, 6.07) is 11.5. The predicted molar refractivity (Wildman–Crippen MR) is 91.7 cm³/mol. The molecule has 0 spiro atoms. The second kappa shape index (κ2) is 5.63. The minimum atomic E-state index is -0.236.